The van der Waals surface area contributed by atoms with Gasteiger partial charge in [0.05, 0.1) is 18.1 Å². The Morgan fingerprint density at radius 3 is 1.80 bits per heavy atom. The van der Waals surface area contributed by atoms with E-state index in [-0.39, 0.29) is 23.5 Å². The van der Waals surface area contributed by atoms with Crippen LogP contribution in [0.2, 0.25) is 0 Å². The van der Waals surface area contributed by atoms with E-state index in [0.29, 0.717) is 0 Å². The van der Waals surface area contributed by atoms with Gasteiger partial charge in [-0.25, -0.2) is 18.0 Å². The summed E-state index contributed by atoms with van der Waals surface area (Å²) in [5.41, 5.74) is 0.826. The first-order chi connectivity index (χ1) is 11.5. The van der Waals surface area contributed by atoms with Crippen LogP contribution >= 0.6 is 0 Å². The molecule has 0 amide bonds. The van der Waals surface area contributed by atoms with E-state index in [1.165, 1.54) is 12.1 Å². The quantitative estimate of drug-likeness (QED) is 0.579. The van der Waals surface area contributed by atoms with Gasteiger partial charge < -0.3 is 9.47 Å². The number of carbonyl (C=O) groups excluding carboxylic acids is 2. The fourth-order valence-corrected chi connectivity index (χ4v) is 3.13. The molecular formula is C17H25NO6S. The molecule has 0 fully saturated rings. The lowest BCUT2D eigenvalue weighted by atomic mass is 9.87. The molecule has 0 aromatic heterocycles. The van der Waals surface area contributed by atoms with Crippen LogP contribution in [-0.4, -0.2) is 39.6 Å². The van der Waals surface area contributed by atoms with Crippen LogP contribution in [0, 0.1) is 0 Å². The summed E-state index contributed by atoms with van der Waals surface area (Å²) in [7, 11) is -4.10. The average molecular weight is 371 g/mol. The highest BCUT2D eigenvalue weighted by atomic mass is 32.2. The Morgan fingerprint density at radius 2 is 1.44 bits per heavy atom. The number of ether oxygens (including phenoxy) is 2. The summed E-state index contributed by atoms with van der Waals surface area (Å²) in [4.78, 5) is 23.8. The van der Waals surface area contributed by atoms with Crippen LogP contribution in [0.1, 0.15) is 40.2 Å². The van der Waals surface area contributed by atoms with Crippen LogP contribution in [0.25, 0.3) is 0 Å². The number of benzene rings is 1. The minimum atomic E-state index is -4.10. The lowest BCUT2D eigenvalue weighted by Gasteiger charge is -2.20. The fourth-order valence-electron chi connectivity index (χ4n) is 2.00. The molecule has 25 heavy (non-hydrogen) atoms. The molecule has 0 spiro atoms. The zero-order chi connectivity index (χ0) is 19.3. The second kappa shape index (κ2) is 8.44. The van der Waals surface area contributed by atoms with E-state index in [9.17, 15) is 18.0 Å². The van der Waals surface area contributed by atoms with E-state index in [1.54, 1.807) is 26.0 Å². The van der Waals surface area contributed by atoms with Crippen LogP contribution in [0.4, 0.5) is 0 Å². The van der Waals surface area contributed by atoms with E-state index in [4.69, 9.17) is 9.47 Å². The fraction of sp³-hybridized carbons (Fsp3) is 0.529. The molecule has 8 heteroatoms. The number of nitrogens with one attached hydrogen (secondary N) is 1. The van der Waals surface area contributed by atoms with Crippen LogP contribution in [0.5, 0.6) is 0 Å². The maximum absolute atomic E-state index is 12.5. The molecule has 140 valence electrons. The lowest BCUT2D eigenvalue weighted by Crippen LogP contribution is -2.48. The molecule has 0 aliphatic carbocycles. The van der Waals surface area contributed by atoms with Gasteiger partial charge in [-0.05, 0) is 37.0 Å². The summed E-state index contributed by atoms with van der Waals surface area (Å²) in [6.45, 7) is 9.15. The summed E-state index contributed by atoms with van der Waals surface area (Å²) in [5.74, 6) is -2.01. The van der Waals surface area contributed by atoms with Crippen LogP contribution in [-0.2, 0) is 34.5 Å². The Balaban J connectivity index is 3.09. The Kier molecular flexibility index (Phi) is 7.13. The van der Waals surface area contributed by atoms with Crippen molar-refractivity contribution in [2.75, 3.05) is 13.2 Å². The highest BCUT2D eigenvalue weighted by Crippen LogP contribution is 2.23. The topological polar surface area (TPSA) is 98.8 Å². The number of carbonyl (C=O) groups is 2. The van der Waals surface area contributed by atoms with Crippen molar-refractivity contribution in [2.24, 2.45) is 0 Å². The number of esters is 2. The second-order valence-electron chi connectivity index (χ2n) is 6.33. The third-order valence-corrected chi connectivity index (χ3v) is 4.79. The molecule has 0 bridgehead atoms. The molecule has 0 heterocycles. The van der Waals surface area contributed by atoms with Gasteiger partial charge in [0.25, 0.3) is 0 Å². The first kappa shape index (κ1) is 21.1. The zero-order valence-corrected chi connectivity index (χ0v) is 16.0. The van der Waals surface area contributed by atoms with Crippen molar-refractivity contribution in [3.63, 3.8) is 0 Å². The highest BCUT2D eigenvalue weighted by molar-refractivity contribution is 7.89. The van der Waals surface area contributed by atoms with E-state index in [2.05, 4.69) is 4.72 Å². The Morgan fingerprint density at radius 1 is 1.00 bits per heavy atom. The van der Waals surface area contributed by atoms with Gasteiger partial charge in [-0.1, -0.05) is 32.9 Å². The predicted molar refractivity (Wildman–Crippen MR) is 92.5 cm³/mol. The third kappa shape index (κ3) is 5.82. The molecule has 0 atom stereocenters. The molecule has 1 aromatic rings. The molecular weight excluding hydrogens is 346 g/mol. The van der Waals surface area contributed by atoms with Crippen LogP contribution in [0.15, 0.2) is 29.2 Å². The smallest absolute Gasteiger partial charge is 0.335 e. The molecule has 0 aliphatic rings. The summed E-state index contributed by atoms with van der Waals surface area (Å²) >= 11 is 0. The SMILES string of the molecule is CCOC(=O)C(NS(=O)(=O)c1ccc(C(C)(C)C)cc1)C(=O)OCC. The summed E-state index contributed by atoms with van der Waals surface area (Å²) in [5, 5.41) is 0. The van der Waals surface area contributed by atoms with Gasteiger partial charge in [-0.15, -0.1) is 0 Å². The van der Waals surface area contributed by atoms with Gasteiger partial charge in [0.2, 0.25) is 16.1 Å². The first-order valence-corrected chi connectivity index (χ1v) is 9.47. The van der Waals surface area contributed by atoms with Crippen molar-refractivity contribution in [3.8, 4) is 0 Å². The van der Waals surface area contributed by atoms with Gasteiger partial charge in [0.15, 0.2) is 0 Å². The van der Waals surface area contributed by atoms with Gasteiger partial charge in [-0.2, -0.15) is 4.72 Å². The molecule has 0 aliphatic heterocycles. The first-order valence-electron chi connectivity index (χ1n) is 7.99. The number of rotatable bonds is 7. The third-order valence-electron chi connectivity index (χ3n) is 3.35. The maximum Gasteiger partial charge on any atom is 0.335 e. The Hall–Kier alpha value is -1.93. The van der Waals surface area contributed by atoms with Crippen molar-refractivity contribution in [2.45, 2.75) is 51.0 Å². The molecule has 7 nitrogen and oxygen atoms in total. The van der Waals surface area contributed by atoms with E-state index < -0.39 is 28.0 Å². The normalized spacial score (nSPS) is 12.1. The Labute approximate surface area is 148 Å². The van der Waals surface area contributed by atoms with Crippen molar-refractivity contribution in [3.05, 3.63) is 29.8 Å². The molecule has 0 saturated heterocycles. The van der Waals surface area contributed by atoms with Crippen molar-refractivity contribution in [1.82, 2.24) is 4.72 Å². The number of hydrogen-bond acceptors (Lipinski definition) is 6. The molecule has 0 unspecified atom stereocenters. The van der Waals surface area contributed by atoms with Gasteiger partial charge >= 0.3 is 11.9 Å². The average Bonchev–Trinajstić information content (AvgIpc) is 2.52. The Bertz CT molecular complexity index is 686. The van der Waals surface area contributed by atoms with E-state index in [1.807, 2.05) is 20.8 Å². The monoisotopic (exact) mass is 371 g/mol. The van der Waals surface area contributed by atoms with E-state index >= 15 is 0 Å². The highest BCUT2D eigenvalue weighted by Gasteiger charge is 2.34. The van der Waals surface area contributed by atoms with Crippen molar-refractivity contribution in [1.29, 1.82) is 0 Å². The minimum absolute atomic E-state index is 0.0107. The lowest BCUT2D eigenvalue weighted by molar-refractivity contribution is -0.157. The largest absolute Gasteiger partial charge is 0.464 e. The van der Waals surface area contributed by atoms with Crippen molar-refractivity contribution >= 4 is 22.0 Å². The number of hydrogen-bond donors (Lipinski definition) is 1. The van der Waals surface area contributed by atoms with Crippen molar-refractivity contribution < 1.29 is 27.5 Å². The maximum atomic E-state index is 12.5. The molecule has 1 aromatic carbocycles. The minimum Gasteiger partial charge on any atom is -0.464 e. The number of sulfonamides is 1. The molecule has 1 N–H and O–H groups in total. The molecule has 0 radical (unpaired) electrons. The standard InChI is InChI=1S/C17H25NO6S/c1-6-23-15(19)14(16(20)24-7-2)18-25(21,22)13-10-8-12(9-11-13)17(3,4)5/h8-11,14,18H,6-7H2,1-5H3. The van der Waals surface area contributed by atoms with E-state index in [0.717, 1.165) is 5.56 Å². The van der Waals surface area contributed by atoms with Crippen LogP contribution in [0.3, 0.4) is 0 Å². The predicted octanol–water partition coefficient (Wildman–Crippen LogP) is 1.76. The summed E-state index contributed by atoms with van der Waals surface area (Å²) in [6.07, 6.45) is 0. The summed E-state index contributed by atoms with van der Waals surface area (Å²) < 4.78 is 36.5. The van der Waals surface area contributed by atoms with Crippen LogP contribution < -0.4 is 4.72 Å². The second-order valence-corrected chi connectivity index (χ2v) is 8.05. The van der Waals surface area contributed by atoms with Gasteiger partial charge in [-0.3, -0.25) is 0 Å². The zero-order valence-electron chi connectivity index (χ0n) is 15.2. The van der Waals surface area contributed by atoms with Gasteiger partial charge in [0, 0.05) is 0 Å². The van der Waals surface area contributed by atoms with Gasteiger partial charge in [0.1, 0.15) is 0 Å². The summed E-state index contributed by atoms with van der Waals surface area (Å²) in [6, 6.07) is 4.50. The molecule has 1 rings (SSSR count). The molecule has 0 saturated carbocycles.